The largest absolute Gasteiger partial charge is 0.481 e. The molecule has 0 saturated carbocycles. The van der Waals surface area contributed by atoms with Crippen molar-refractivity contribution in [2.75, 3.05) is 6.61 Å². The molecule has 3 atom stereocenters. The second-order valence-electron chi connectivity index (χ2n) is 5.22. The molecular weight excluding hydrogens is 272 g/mol. The molecule has 6 nitrogen and oxygen atoms in total. The zero-order chi connectivity index (χ0) is 15.2. The fraction of sp³-hybridized carbons (Fsp3) is 0.667. The van der Waals surface area contributed by atoms with Gasteiger partial charge in [0.05, 0.1) is 11.8 Å². The summed E-state index contributed by atoms with van der Waals surface area (Å²) < 4.78 is 10.9. The van der Waals surface area contributed by atoms with Crippen molar-refractivity contribution < 1.29 is 19.2 Å². The molecule has 0 spiro atoms. The molecular formula is C15H22N2O4. The number of carboxylic acids is 1. The summed E-state index contributed by atoms with van der Waals surface area (Å²) in [5, 5.41) is 13.3. The molecule has 0 aliphatic heterocycles. The summed E-state index contributed by atoms with van der Waals surface area (Å²) in [4.78, 5) is 15.7. The van der Waals surface area contributed by atoms with Crippen molar-refractivity contribution in [1.29, 1.82) is 0 Å². The van der Waals surface area contributed by atoms with Gasteiger partial charge in [-0.15, -0.1) is 0 Å². The highest BCUT2D eigenvalue weighted by Crippen LogP contribution is 2.34. The van der Waals surface area contributed by atoms with Gasteiger partial charge in [0.15, 0.2) is 0 Å². The molecule has 6 heteroatoms. The second kappa shape index (κ2) is 7.36. The van der Waals surface area contributed by atoms with Crippen LogP contribution in [0.5, 0.6) is 0 Å². The topological polar surface area (TPSA) is 85.5 Å². The van der Waals surface area contributed by atoms with E-state index < -0.39 is 11.9 Å². The Morgan fingerprint density at radius 2 is 2.24 bits per heavy atom. The zero-order valence-electron chi connectivity index (χ0n) is 12.5. The second-order valence-corrected chi connectivity index (χ2v) is 5.22. The monoisotopic (exact) mass is 294 g/mol. The van der Waals surface area contributed by atoms with E-state index in [2.05, 4.69) is 17.1 Å². The van der Waals surface area contributed by atoms with Crippen LogP contribution in [0.4, 0.5) is 0 Å². The van der Waals surface area contributed by atoms with Crippen molar-refractivity contribution in [2.45, 2.75) is 51.6 Å². The van der Waals surface area contributed by atoms with Gasteiger partial charge in [-0.3, -0.25) is 4.79 Å². The van der Waals surface area contributed by atoms with Gasteiger partial charge < -0.3 is 14.4 Å². The Labute approximate surface area is 124 Å². The lowest BCUT2D eigenvalue weighted by molar-refractivity contribution is -0.142. The Morgan fingerprint density at radius 1 is 1.48 bits per heavy atom. The third kappa shape index (κ3) is 3.69. The minimum atomic E-state index is -0.820. The van der Waals surface area contributed by atoms with E-state index in [1.165, 1.54) is 0 Å². The maximum absolute atomic E-state index is 11.3. The average molecular weight is 294 g/mol. The van der Waals surface area contributed by atoms with E-state index in [0.717, 1.165) is 12.8 Å². The number of carboxylic acid groups (broad SMARTS) is 1. The van der Waals surface area contributed by atoms with Gasteiger partial charge in [-0.05, 0) is 26.2 Å². The van der Waals surface area contributed by atoms with Crippen LogP contribution in [0.15, 0.2) is 16.7 Å². The summed E-state index contributed by atoms with van der Waals surface area (Å²) in [6.45, 7) is 4.58. The predicted octanol–water partition coefficient (Wildman–Crippen LogP) is 3.08. The van der Waals surface area contributed by atoms with Crippen LogP contribution in [0.1, 0.15) is 63.3 Å². The van der Waals surface area contributed by atoms with Crippen LogP contribution in [-0.2, 0) is 9.53 Å². The molecule has 2 rings (SSSR count). The van der Waals surface area contributed by atoms with Crippen molar-refractivity contribution in [3.8, 4) is 0 Å². The fourth-order valence-corrected chi connectivity index (χ4v) is 2.64. The molecule has 0 radical (unpaired) electrons. The van der Waals surface area contributed by atoms with E-state index in [0.29, 0.717) is 31.2 Å². The lowest BCUT2D eigenvalue weighted by Gasteiger charge is -2.21. The minimum absolute atomic E-state index is 0.181. The molecule has 3 unspecified atom stereocenters. The highest BCUT2D eigenvalue weighted by Gasteiger charge is 2.34. The first-order valence-corrected chi connectivity index (χ1v) is 7.50. The van der Waals surface area contributed by atoms with Crippen LogP contribution in [0.3, 0.4) is 0 Å². The number of aliphatic carboxylic acids is 1. The van der Waals surface area contributed by atoms with Crippen LogP contribution in [0.25, 0.3) is 0 Å². The van der Waals surface area contributed by atoms with Crippen LogP contribution in [0, 0.1) is 5.92 Å². The number of rotatable bonds is 7. The van der Waals surface area contributed by atoms with Gasteiger partial charge in [0, 0.05) is 6.61 Å². The van der Waals surface area contributed by atoms with Crippen molar-refractivity contribution in [1.82, 2.24) is 10.1 Å². The van der Waals surface area contributed by atoms with E-state index >= 15 is 0 Å². The van der Waals surface area contributed by atoms with E-state index in [9.17, 15) is 9.90 Å². The minimum Gasteiger partial charge on any atom is -0.481 e. The van der Waals surface area contributed by atoms with Gasteiger partial charge in [-0.2, -0.15) is 4.98 Å². The molecule has 1 N–H and O–H groups in total. The molecule has 116 valence electrons. The van der Waals surface area contributed by atoms with Gasteiger partial charge in [0.25, 0.3) is 0 Å². The lowest BCUT2D eigenvalue weighted by Crippen LogP contribution is -2.23. The summed E-state index contributed by atoms with van der Waals surface area (Å²) >= 11 is 0. The molecule has 0 bridgehead atoms. The molecule has 1 aromatic heterocycles. The molecule has 1 aliphatic carbocycles. The SMILES string of the molecule is CCCC(OCC)c1noc(C2CC=CCC2C(=O)O)n1. The fourth-order valence-electron chi connectivity index (χ4n) is 2.64. The third-order valence-corrected chi connectivity index (χ3v) is 3.73. The molecule has 1 aromatic rings. The number of carbonyl (C=O) groups is 1. The number of nitrogens with zero attached hydrogens (tertiary/aromatic N) is 2. The van der Waals surface area contributed by atoms with Crippen molar-refractivity contribution in [3.63, 3.8) is 0 Å². The zero-order valence-corrected chi connectivity index (χ0v) is 12.5. The Kier molecular flexibility index (Phi) is 5.50. The van der Waals surface area contributed by atoms with Gasteiger partial charge >= 0.3 is 5.97 Å². The lowest BCUT2D eigenvalue weighted by atomic mass is 9.83. The first-order chi connectivity index (χ1) is 10.2. The maximum Gasteiger partial charge on any atom is 0.307 e. The molecule has 0 fully saturated rings. The molecule has 21 heavy (non-hydrogen) atoms. The molecule has 0 amide bonds. The summed E-state index contributed by atoms with van der Waals surface area (Å²) in [5.74, 6) is -0.647. The van der Waals surface area contributed by atoms with Gasteiger partial charge in [0.1, 0.15) is 6.10 Å². The Morgan fingerprint density at radius 3 is 2.90 bits per heavy atom. The highest BCUT2D eigenvalue weighted by molar-refractivity contribution is 5.71. The summed E-state index contributed by atoms with van der Waals surface area (Å²) in [5.41, 5.74) is 0. The number of allylic oxidation sites excluding steroid dienone is 2. The van der Waals surface area contributed by atoms with Crippen molar-refractivity contribution >= 4 is 5.97 Å². The molecule has 0 saturated heterocycles. The van der Waals surface area contributed by atoms with Gasteiger partial charge in [-0.1, -0.05) is 30.7 Å². The van der Waals surface area contributed by atoms with E-state index in [1.54, 1.807) is 0 Å². The van der Waals surface area contributed by atoms with E-state index in [1.807, 2.05) is 19.1 Å². The average Bonchev–Trinajstić information content (AvgIpc) is 2.96. The first-order valence-electron chi connectivity index (χ1n) is 7.50. The Bertz CT molecular complexity index is 492. The van der Waals surface area contributed by atoms with Crippen LogP contribution >= 0.6 is 0 Å². The number of hydrogen-bond acceptors (Lipinski definition) is 5. The normalized spacial score (nSPS) is 23.1. The molecule has 0 aromatic carbocycles. The molecule has 1 aliphatic rings. The third-order valence-electron chi connectivity index (χ3n) is 3.73. The van der Waals surface area contributed by atoms with Crippen LogP contribution < -0.4 is 0 Å². The van der Waals surface area contributed by atoms with Crippen LogP contribution in [-0.4, -0.2) is 27.8 Å². The van der Waals surface area contributed by atoms with E-state index in [4.69, 9.17) is 9.26 Å². The smallest absolute Gasteiger partial charge is 0.307 e. The summed E-state index contributed by atoms with van der Waals surface area (Å²) in [7, 11) is 0. The predicted molar refractivity (Wildman–Crippen MR) is 75.8 cm³/mol. The maximum atomic E-state index is 11.3. The van der Waals surface area contributed by atoms with Crippen molar-refractivity contribution in [3.05, 3.63) is 23.9 Å². The first kappa shape index (κ1) is 15.7. The Balaban J connectivity index is 2.17. The van der Waals surface area contributed by atoms with Crippen LogP contribution in [0.2, 0.25) is 0 Å². The highest BCUT2D eigenvalue weighted by atomic mass is 16.5. The summed E-state index contributed by atoms with van der Waals surface area (Å²) in [6.07, 6.45) is 6.58. The number of hydrogen-bond donors (Lipinski definition) is 1. The number of aromatic nitrogens is 2. The van der Waals surface area contributed by atoms with Gasteiger partial charge in [-0.25, -0.2) is 0 Å². The Hall–Kier alpha value is -1.69. The van der Waals surface area contributed by atoms with E-state index in [-0.39, 0.29) is 12.0 Å². The standard InChI is InChI=1S/C15H22N2O4/c1-3-7-12(20-4-2)13-16-14(21-17-13)10-8-5-6-9-11(10)15(18)19/h5-6,10-12H,3-4,7-9H2,1-2H3,(H,18,19). The van der Waals surface area contributed by atoms with Gasteiger partial charge in [0.2, 0.25) is 11.7 Å². The quantitative estimate of drug-likeness (QED) is 0.778. The molecule has 1 heterocycles. The van der Waals surface area contributed by atoms with Crippen molar-refractivity contribution in [2.24, 2.45) is 5.92 Å². The number of ether oxygens (including phenoxy) is 1. The summed E-state index contributed by atoms with van der Waals surface area (Å²) in [6, 6.07) is 0.